The van der Waals surface area contributed by atoms with Gasteiger partial charge < -0.3 is 15.1 Å². The number of aryl methyl sites for hydroxylation is 1. The number of rotatable bonds is 7. The molecule has 0 bridgehead atoms. The van der Waals surface area contributed by atoms with E-state index < -0.39 is 0 Å². The Morgan fingerprint density at radius 3 is 2.29 bits per heavy atom. The predicted molar refractivity (Wildman–Crippen MR) is 70.5 cm³/mol. The van der Waals surface area contributed by atoms with Crippen LogP contribution in [0.4, 0.5) is 0 Å². The second-order valence-electron chi connectivity index (χ2n) is 4.31. The lowest BCUT2D eigenvalue weighted by molar-refractivity contribution is 0.297. The summed E-state index contributed by atoms with van der Waals surface area (Å²) in [6.45, 7) is 7.72. The molecule has 96 valence electrons. The number of hydrogen-bond donors (Lipinski definition) is 2. The van der Waals surface area contributed by atoms with E-state index in [0.717, 1.165) is 38.0 Å². The Morgan fingerprint density at radius 2 is 1.71 bits per heavy atom. The van der Waals surface area contributed by atoms with E-state index in [9.17, 15) is 10.2 Å². The van der Waals surface area contributed by atoms with Gasteiger partial charge in [-0.1, -0.05) is 19.9 Å². The van der Waals surface area contributed by atoms with Crippen molar-refractivity contribution >= 4 is 0 Å². The van der Waals surface area contributed by atoms with E-state index >= 15 is 0 Å². The van der Waals surface area contributed by atoms with Gasteiger partial charge in [0, 0.05) is 0 Å². The first-order valence-corrected chi connectivity index (χ1v) is 6.40. The molecule has 17 heavy (non-hydrogen) atoms. The molecule has 0 saturated heterocycles. The molecule has 0 saturated carbocycles. The molecular formula is C14H23NO2. The molecule has 0 aliphatic heterocycles. The average Bonchev–Trinajstić information content (AvgIpc) is 2.34. The van der Waals surface area contributed by atoms with Gasteiger partial charge in [-0.3, -0.25) is 0 Å². The Balaban J connectivity index is 2.28. The van der Waals surface area contributed by atoms with Crippen LogP contribution >= 0.6 is 0 Å². The zero-order chi connectivity index (χ0) is 12.7. The first kappa shape index (κ1) is 13.8. The minimum atomic E-state index is -0.0445. The molecular weight excluding hydrogens is 214 g/mol. The lowest BCUT2D eigenvalue weighted by Gasteiger charge is -2.17. The fraction of sp³-hybridized carbons (Fsp3) is 0.571. The molecule has 0 unspecified atom stereocenters. The van der Waals surface area contributed by atoms with Crippen molar-refractivity contribution in [1.82, 2.24) is 4.90 Å². The second kappa shape index (κ2) is 7.17. The largest absolute Gasteiger partial charge is 0.504 e. The number of phenolic OH excluding ortho intramolecular Hbond substituents is 2. The molecule has 0 heterocycles. The van der Waals surface area contributed by atoms with Crippen LogP contribution in [0.1, 0.15) is 32.3 Å². The Labute approximate surface area is 104 Å². The molecule has 0 aliphatic carbocycles. The van der Waals surface area contributed by atoms with Crippen LogP contribution in [0.3, 0.4) is 0 Å². The van der Waals surface area contributed by atoms with Crippen molar-refractivity contribution in [3.05, 3.63) is 23.8 Å². The van der Waals surface area contributed by atoms with Gasteiger partial charge in [0.15, 0.2) is 11.5 Å². The van der Waals surface area contributed by atoms with Crippen LogP contribution in [0.25, 0.3) is 0 Å². The highest BCUT2D eigenvalue weighted by Gasteiger charge is 2.02. The lowest BCUT2D eigenvalue weighted by atomic mass is 10.1. The Bertz CT molecular complexity index is 335. The van der Waals surface area contributed by atoms with Gasteiger partial charge in [0.1, 0.15) is 0 Å². The molecule has 0 radical (unpaired) electrons. The third-order valence-corrected chi connectivity index (χ3v) is 3.12. The Hall–Kier alpha value is -1.22. The van der Waals surface area contributed by atoms with E-state index in [2.05, 4.69) is 18.7 Å². The van der Waals surface area contributed by atoms with E-state index in [-0.39, 0.29) is 11.5 Å². The first-order valence-electron chi connectivity index (χ1n) is 6.40. The SMILES string of the molecule is CCN(CC)CCCCc1ccc(O)c(O)c1. The van der Waals surface area contributed by atoms with E-state index in [1.165, 1.54) is 6.42 Å². The van der Waals surface area contributed by atoms with Crippen molar-refractivity contribution in [3.8, 4) is 11.5 Å². The van der Waals surface area contributed by atoms with Crippen molar-refractivity contribution < 1.29 is 10.2 Å². The molecule has 1 aromatic rings. The van der Waals surface area contributed by atoms with Crippen molar-refractivity contribution in [2.24, 2.45) is 0 Å². The monoisotopic (exact) mass is 237 g/mol. The van der Waals surface area contributed by atoms with Gasteiger partial charge in [0.2, 0.25) is 0 Å². The fourth-order valence-corrected chi connectivity index (χ4v) is 1.93. The standard InChI is InChI=1S/C14H23NO2/c1-3-15(4-2)10-6-5-7-12-8-9-13(16)14(17)11-12/h8-9,11,16-17H,3-7,10H2,1-2H3. The zero-order valence-electron chi connectivity index (χ0n) is 10.8. The van der Waals surface area contributed by atoms with E-state index in [4.69, 9.17) is 0 Å². The van der Waals surface area contributed by atoms with Gasteiger partial charge in [0.25, 0.3) is 0 Å². The van der Waals surface area contributed by atoms with Crippen molar-refractivity contribution in [2.45, 2.75) is 33.1 Å². The summed E-state index contributed by atoms with van der Waals surface area (Å²) in [6, 6.07) is 5.06. The third kappa shape index (κ3) is 4.65. The Morgan fingerprint density at radius 1 is 1.00 bits per heavy atom. The lowest BCUT2D eigenvalue weighted by Crippen LogP contribution is -2.23. The molecule has 3 nitrogen and oxygen atoms in total. The number of hydrogen-bond acceptors (Lipinski definition) is 3. The summed E-state index contributed by atoms with van der Waals surface area (Å²) in [7, 11) is 0. The molecule has 1 aromatic carbocycles. The topological polar surface area (TPSA) is 43.7 Å². The summed E-state index contributed by atoms with van der Waals surface area (Å²) in [6.07, 6.45) is 3.24. The first-order chi connectivity index (χ1) is 8.17. The summed E-state index contributed by atoms with van der Waals surface area (Å²) in [5, 5.41) is 18.6. The maximum Gasteiger partial charge on any atom is 0.157 e. The normalized spacial score (nSPS) is 11.0. The van der Waals surface area contributed by atoms with E-state index in [0.29, 0.717) is 0 Å². The molecule has 3 heteroatoms. The number of unbranched alkanes of at least 4 members (excludes halogenated alkanes) is 1. The van der Waals surface area contributed by atoms with Crippen LogP contribution in [-0.2, 0) is 6.42 Å². The van der Waals surface area contributed by atoms with Crippen LogP contribution in [0, 0.1) is 0 Å². The van der Waals surface area contributed by atoms with E-state index in [1.54, 1.807) is 12.1 Å². The molecule has 1 rings (SSSR count). The van der Waals surface area contributed by atoms with Crippen LogP contribution < -0.4 is 0 Å². The highest BCUT2D eigenvalue weighted by Crippen LogP contribution is 2.25. The second-order valence-corrected chi connectivity index (χ2v) is 4.31. The molecule has 0 fully saturated rings. The van der Waals surface area contributed by atoms with Crippen LogP contribution in [0.15, 0.2) is 18.2 Å². The smallest absolute Gasteiger partial charge is 0.157 e. The number of nitrogens with zero attached hydrogens (tertiary/aromatic N) is 1. The molecule has 0 aromatic heterocycles. The number of phenols is 2. The van der Waals surface area contributed by atoms with Crippen molar-refractivity contribution in [3.63, 3.8) is 0 Å². The molecule has 2 N–H and O–H groups in total. The fourth-order valence-electron chi connectivity index (χ4n) is 1.93. The van der Waals surface area contributed by atoms with Gasteiger partial charge in [-0.25, -0.2) is 0 Å². The van der Waals surface area contributed by atoms with E-state index in [1.807, 2.05) is 6.07 Å². The third-order valence-electron chi connectivity index (χ3n) is 3.12. The van der Waals surface area contributed by atoms with Crippen LogP contribution in [0.2, 0.25) is 0 Å². The van der Waals surface area contributed by atoms with Gasteiger partial charge in [-0.05, 0) is 56.6 Å². The number of aromatic hydroxyl groups is 2. The average molecular weight is 237 g/mol. The van der Waals surface area contributed by atoms with Gasteiger partial charge in [-0.15, -0.1) is 0 Å². The minimum absolute atomic E-state index is 0.0220. The summed E-state index contributed by atoms with van der Waals surface area (Å²) in [5.41, 5.74) is 1.08. The maximum atomic E-state index is 9.36. The minimum Gasteiger partial charge on any atom is -0.504 e. The maximum absolute atomic E-state index is 9.36. The summed E-state index contributed by atoms with van der Waals surface area (Å²) >= 11 is 0. The molecule has 0 amide bonds. The summed E-state index contributed by atoms with van der Waals surface area (Å²) in [5.74, 6) is -0.0665. The quantitative estimate of drug-likeness (QED) is 0.566. The van der Waals surface area contributed by atoms with Crippen molar-refractivity contribution in [2.75, 3.05) is 19.6 Å². The van der Waals surface area contributed by atoms with Gasteiger partial charge in [-0.2, -0.15) is 0 Å². The summed E-state index contributed by atoms with van der Waals surface area (Å²) < 4.78 is 0. The summed E-state index contributed by atoms with van der Waals surface area (Å²) in [4.78, 5) is 2.41. The van der Waals surface area contributed by atoms with Crippen LogP contribution in [0.5, 0.6) is 11.5 Å². The molecule has 0 aliphatic rings. The highest BCUT2D eigenvalue weighted by molar-refractivity contribution is 5.40. The molecule has 0 spiro atoms. The van der Waals surface area contributed by atoms with Gasteiger partial charge >= 0.3 is 0 Å². The Kier molecular flexibility index (Phi) is 5.84. The number of benzene rings is 1. The van der Waals surface area contributed by atoms with Crippen molar-refractivity contribution in [1.29, 1.82) is 0 Å². The predicted octanol–water partition coefficient (Wildman–Crippen LogP) is 2.76. The highest BCUT2D eigenvalue weighted by atomic mass is 16.3. The molecule has 0 atom stereocenters. The van der Waals surface area contributed by atoms with Crippen LogP contribution in [-0.4, -0.2) is 34.7 Å². The van der Waals surface area contributed by atoms with Gasteiger partial charge in [0.05, 0.1) is 0 Å². The zero-order valence-corrected chi connectivity index (χ0v) is 10.8.